The Bertz CT molecular complexity index is 909. The second-order valence-corrected chi connectivity index (χ2v) is 6.40. The predicted molar refractivity (Wildman–Crippen MR) is 92.4 cm³/mol. The van der Waals surface area contributed by atoms with E-state index >= 15 is 0 Å². The lowest BCUT2D eigenvalue weighted by Gasteiger charge is -2.10. The van der Waals surface area contributed by atoms with Gasteiger partial charge in [0, 0.05) is 10.0 Å². The summed E-state index contributed by atoms with van der Waals surface area (Å²) < 4.78 is 25.1. The summed E-state index contributed by atoms with van der Waals surface area (Å²) >= 11 is 3.14. The number of rotatable bonds is 4. The second kappa shape index (κ2) is 7.14. The van der Waals surface area contributed by atoms with E-state index < -0.39 is 17.9 Å². The van der Waals surface area contributed by atoms with E-state index in [-0.39, 0.29) is 11.5 Å². The van der Waals surface area contributed by atoms with Gasteiger partial charge in [0.15, 0.2) is 6.10 Å². The largest absolute Gasteiger partial charge is 0.449 e. The first kappa shape index (κ1) is 17.3. The Hall–Kier alpha value is -2.54. The molecule has 0 N–H and O–H groups in total. The van der Waals surface area contributed by atoms with Gasteiger partial charge in [0.25, 0.3) is 5.89 Å². The van der Waals surface area contributed by atoms with Crippen molar-refractivity contribution in [2.75, 3.05) is 0 Å². The average molecular weight is 405 g/mol. The summed E-state index contributed by atoms with van der Waals surface area (Å²) in [5, 5.41) is 7.86. The van der Waals surface area contributed by atoms with Gasteiger partial charge in [-0.2, -0.15) is 0 Å². The van der Waals surface area contributed by atoms with Crippen molar-refractivity contribution >= 4 is 21.9 Å². The summed E-state index contributed by atoms with van der Waals surface area (Å²) in [5.74, 6) is -1.00. The van der Waals surface area contributed by atoms with Crippen molar-refractivity contribution in [1.82, 2.24) is 10.2 Å². The first-order valence-corrected chi connectivity index (χ1v) is 8.30. The van der Waals surface area contributed by atoms with Crippen LogP contribution in [0.3, 0.4) is 0 Å². The maximum atomic E-state index is 13.8. The van der Waals surface area contributed by atoms with Crippen LogP contribution in [0, 0.1) is 12.7 Å². The first-order chi connectivity index (χ1) is 11.9. The highest BCUT2D eigenvalue weighted by Gasteiger charge is 2.22. The minimum atomic E-state index is -0.803. The number of nitrogens with zero attached hydrogens (tertiary/aromatic N) is 2. The maximum absolute atomic E-state index is 13.8. The molecule has 0 spiro atoms. The summed E-state index contributed by atoms with van der Waals surface area (Å²) in [6.07, 6.45) is -0.803. The van der Waals surface area contributed by atoms with Crippen molar-refractivity contribution in [3.8, 4) is 11.5 Å². The molecule has 0 aliphatic heterocycles. The van der Waals surface area contributed by atoms with Gasteiger partial charge in [0.2, 0.25) is 5.89 Å². The van der Waals surface area contributed by atoms with Crippen LogP contribution >= 0.6 is 15.9 Å². The molecule has 7 heteroatoms. The molecule has 1 atom stereocenters. The zero-order valence-electron chi connectivity index (χ0n) is 13.5. The van der Waals surface area contributed by atoms with Crippen LogP contribution in [0.25, 0.3) is 11.5 Å². The third kappa shape index (κ3) is 3.93. The van der Waals surface area contributed by atoms with Gasteiger partial charge in [-0.3, -0.25) is 0 Å². The molecule has 0 bridgehead atoms. The van der Waals surface area contributed by atoms with Crippen LogP contribution in [-0.4, -0.2) is 16.2 Å². The fourth-order valence-corrected chi connectivity index (χ4v) is 2.47. The third-order valence-electron chi connectivity index (χ3n) is 3.52. The van der Waals surface area contributed by atoms with Gasteiger partial charge in [-0.25, -0.2) is 9.18 Å². The van der Waals surface area contributed by atoms with Gasteiger partial charge in [0.05, 0.1) is 5.56 Å². The normalized spacial score (nSPS) is 12.0. The molecule has 0 saturated carbocycles. The van der Waals surface area contributed by atoms with Gasteiger partial charge >= 0.3 is 5.97 Å². The molecule has 25 heavy (non-hydrogen) atoms. The Labute approximate surface area is 152 Å². The number of ether oxygens (including phenoxy) is 1. The number of carbonyl (C=O) groups is 1. The lowest BCUT2D eigenvalue weighted by Crippen LogP contribution is -2.11. The topological polar surface area (TPSA) is 65.2 Å². The van der Waals surface area contributed by atoms with Crippen LogP contribution < -0.4 is 0 Å². The second-order valence-electron chi connectivity index (χ2n) is 5.48. The van der Waals surface area contributed by atoms with Crippen molar-refractivity contribution in [1.29, 1.82) is 0 Å². The molecule has 128 valence electrons. The van der Waals surface area contributed by atoms with Crippen molar-refractivity contribution in [3.05, 3.63) is 69.8 Å². The Morgan fingerprint density at radius 3 is 2.60 bits per heavy atom. The van der Waals surface area contributed by atoms with Crippen LogP contribution in [0.2, 0.25) is 0 Å². The molecule has 5 nitrogen and oxygen atoms in total. The van der Waals surface area contributed by atoms with E-state index in [1.54, 1.807) is 13.0 Å². The number of esters is 1. The molecule has 0 saturated heterocycles. The molecule has 0 aliphatic carbocycles. The van der Waals surface area contributed by atoms with E-state index in [0.29, 0.717) is 10.4 Å². The number of carbonyl (C=O) groups excluding carboxylic acids is 1. The molecule has 2 aromatic carbocycles. The number of aryl methyl sites for hydroxylation is 1. The van der Waals surface area contributed by atoms with Gasteiger partial charge in [-0.15, -0.1) is 10.2 Å². The average Bonchev–Trinajstić information content (AvgIpc) is 3.05. The van der Waals surface area contributed by atoms with Crippen LogP contribution in [0.5, 0.6) is 0 Å². The zero-order valence-corrected chi connectivity index (χ0v) is 15.1. The highest BCUT2D eigenvalue weighted by Crippen LogP contribution is 2.24. The highest BCUT2D eigenvalue weighted by atomic mass is 79.9. The van der Waals surface area contributed by atoms with E-state index in [1.165, 1.54) is 12.1 Å². The number of halogens is 2. The molecule has 3 rings (SSSR count). The van der Waals surface area contributed by atoms with E-state index in [1.807, 2.05) is 31.2 Å². The van der Waals surface area contributed by atoms with Gasteiger partial charge in [-0.05, 0) is 44.2 Å². The molecule has 1 heterocycles. The Kier molecular flexibility index (Phi) is 4.94. The summed E-state index contributed by atoms with van der Waals surface area (Å²) in [6.45, 7) is 3.56. The molecular weight excluding hydrogens is 391 g/mol. The molecule has 0 aliphatic rings. The number of hydrogen-bond acceptors (Lipinski definition) is 5. The van der Waals surface area contributed by atoms with Crippen molar-refractivity contribution in [2.24, 2.45) is 0 Å². The minimum Gasteiger partial charge on any atom is -0.449 e. The standard InChI is InChI=1S/C18H14BrFN2O3/c1-10-3-5-12(6-4-10)17-22-21-16(25-17)11(2)24-18(23)14-8-7-13(19)9-15(14)20/h3-9,11H,1-2H3/t11-/m0/s1. The number of aromatic nitrogens is 2. The summed E-state index contributed by atoms with van der Waals surface area (Å²) in [7, 11) is 0. The number of benzene rings is 2. The SMILES string of the molecule is Cc1ccc(-c2nnc([C@H](C)OC(=O)c3ccc(Br)cc3F)o2)cc1. The van der Waals surface area contributed by atoms with Gasteiger partial charge in [0.1, 0.15) is 5.82 Å². The zero-order chi connectivity index (χ0) is 18.0. The van der Waals surface area contributed by atoms with Crippen molar-refractivity contribution in [3.63, 3.8) is 0 Å². The van der Waals surface area contributed by atoms with E-state index in [9.17, 15) is 9.18 Å². The van der Waals surface area contributed by atoms with Gasteiger partial charge in [-0.1, -0.05) is 33.6 Å². The van der Waals surface area contributed by atoms with Crippen LogP contribution in [0.4, 0.5) is 4.39 Å². The highest BCUT2D eigenvalue weighted by molar-refractivity contribution is 9.10. The minimum absolute atomic E-state index is 0.140. The predicted octanol–water partition coefficient (Wildman–Crippen LogP) is 4.86. The fourth-order valence-electron chi connectivity index (χ4n) is 2.14. The molecular formula is C18H14BrFN2O3. The Balaban J connectivity index is 1.74. The smallest absolute Gasteiger partial charge is 0.341 e. The van der Waals surface area contributed by atoms with Crippen molar-refractivity contribution < 1.29 is 18.3 Å². The molecule has 0 fully saturated rings. The third-order valence-corrected chi connectivity index (χ3v) is 4.02. The van der Waals surface area contributed by atoms with E-state index in [4.69, 9.17) is 9.15 Å². The lowest BCUT2D eigenvalue weighted by atomic mass is 10.1. The van der Waals surface area contributed by atoms with Crippen LogP contribution in [-0.2, 0) is 4.74 Å². The summed E-state index contributed by atoms with van der Waals surface area (Å²) in [4.78, 5) is 12.1. The Morgan fingerprint density at radius 1 is 1.20 bits per heavy atom. The summed E-state index contributed by atoms with van der Waals surface area (Å²) in [6, 6.07) is 11.7. The van der Waals surface area contributed by atoms with Crippen LogP contribution in [0.15, 0.2) is 51.4 Å². The molecule has 0 radical (unpaired) electrons. The molecule has 3 aromatic rings. The first-order valence-electron chi connectivity index (χ1n) is 7.50. The summed E-state index contributed by atoms with van der Waals surface area (Å²) in [5.41, 5.74) is 1.72. The van der Waals surface area contributed by atoms with Crippen molar-refractivity contribution in [2.45, 2.75) is 20.0 Å². The maximum Gasteiger partial charge on any atom is 0.341 e. The quantitative estimate of drug-likeness (QED) is 0.580. The molecule has 0 unspecified atom stereocenters. The lowest BCUT2D eigenvalue weighted by molar-refractivity contribution is 0.0274. The monoisotopic (exact) mass is 404 g/mol. The molecule has 1 aromatic heterocycles. The van der Waals surface area contributed by atoms with E-state index in [0.717, 1.165) is 11.1 Å². The molecule has 0 amide bonds. The van der Waals surface area contributed by atoms with Gasteiger partial charge < -0.3 is 9.15 Å². The van der Waals surface area contributed by atoms with Crippen LogP contribution in [0.1, 0.15) is 34.8 Å². The van der Waals surface area contributed by atoms with E-state index in [2.05, 4.69) is 26.1 Å². The Morgan fingerprint density at radius 2 is 1.92 bits per heavy atom. The fraction of sp³-hybridized carbons (Fsp3) is 0.167. The number of hydrogen-bond donors (Lipinski definition) is 0.